The van der Waals surface area contributed by atoms with Crippen LogP contribution in [-0.2, 0) is 9.59 Å². The minimum atomic E-state index is -0.417. The van der Waals surface area contributed by atoms with Crippen LogP contribution in [-0.4, -0.2) is 31.4 Å². The molecule has 0 aliphatic carbocycles. The number of benzene rings is 1. The van der Waals surface area contributed by atoms with Crippen LogP contribution in [0, 0.1) is 11.7 Å². The highest BCUT2D eigenvalue weighted by Gasteiger charge is 2.20. The number of nitrogens with one attached hydrogen (secondary N) is 3. The molecular weight excluding hydrogens is 297 g/mol. The van der Waals surface area contributed by atoms with Crippen LogP contribution in [0.25, 0.3) is 0 Å². The van der Waals surface area contributed by atoms with E-state index in [1.165, 1.54) is 18.2 Å². The molecule has 2 amide bonds. The molecule has 2 rings (SSSR count). The molecule has 116 valence electrons. The largest absolute Gasteiger partial charge is 0.347 e. The van der Waals surface area contributed by atoms with Gasteiger partial charge in [0.05, 0.1) is 12.5 Å². The van der Waals surface area contributed by atoms with Gasteiger partial charge in [-0.3, -0.25) is 9.59 Å². The number of rotatable bonds is 4. The molecule has 1 aromatic carbocycles. The molecule has 1 unspecified atom stereocenters. The number of anilines is 1. The summed E-state index contributed by atoms with van der Waals surface area (Å²) >= 11 is 0. The van der Waals surface area contributed by atoms with Crippen LogP contribution in [0.2, 0.25) is 0 Å². The molecule has 1 aliphatic rings. The number of halogens is 2. The van der Waals surface area contributed by atoms with Gasteiger partial charge >= 0.3 is 0 Å². The van der Waals surface area contributed by atoms with Crippen molar-refractivity contribution in [3.05, 3.63) is 30.1 Å². The lowest BCUT2D eigenvalue weighted by molar-refractivity contribution is -0.127. The number of amides is 2. The van der Waals surface area contributed by atoms with Gasteiger partial charge in [0, 0.05) is 12.2 Å². The van der Waals surface area contributed by atoms with Crippen LogP contribution in [0.4, 0.5) is 10.1 Å². The Balaban J connectivity index is 0.00000220. The Hall–Kier alpha value is -1.66. The molecule has 7 heteroatoms. The Labute approximate surface area is 129 Å². The van der Waals surface area contributed by atoms with Crippen LogP contribution >= 0.6 is 12.4 Å². The van der Waals surface area contributed by atoms with Crippen molar-refractivity contribution in [2.45, 2.75) is 12.8 Å². The van der Waals surface area contributed by atoms with Crippen LogP contribution in [0.3, 0.4) is 0 Å². The normalized spacial score (nSPS) is 17.5. The van der Waals surface area contributed by atoms with Crippen LogP contribution in [0.1, 0.15) is 12.8 Å². The van der Waals surface area contributed by atoms with Crippen molar-refractivity contribution in [1.82, 2.24) is 10.6 Å². The Morgan fingerprint density at radius 2 is 2.19 bits per heavy atom. The van der Waals surface area contributed by atoms with Gasteiger partial charge in [-0.15, -0.1) is 12.4 Å². The van der Waals surface area contributed by atoms with Gasteiger partial charge in [-0.05, 0) is 37.6 Å². The molecule has 0 aromatic heterocycles. The third-order valence-electron chi connectivity index (χ3n) is 3.20. The zero-order valence-electron chi connectivity index (χ0n) is 11.5. The van der Waals surface area contributed by atoms with Gasteiger partial charge in [0.15, 0.2) is 0 Å². The molecule has 1 saturated heterocycles. The molecule has 1 heterocycles. The lowest BCUT2D eigenvalue weighted by Crippen LogP contribution is -2.42. The van der Waals surface area contributed by atoms with Crippen molar-refractivity contribution in [2.24, 2.45) is 5.92 Å². The fourth-order valence-corrected chi connectivity index (χ4v) is 2.16. The summed E-state index contributed by atoms with van der Waals surface area (Å²) in [7, 11) is 0. The van der Waals surface area contributed by atoms with E-state index in [9.17, 15) is 14.0 Å². The fourth-order valence-electron chi connectivity index (χ4n) is 2.16. The van der Waals surface area contributed by atoms with E-state index in [1.54, 1.807) is 6.07 Å². The van der Waals surface area contributed by atoms with Crippen LogP contribution in [0.15, 0.2) is 24.3 Å². The average Bonchev–Trinajstić information content (AvgIpc) is 2.46. The van der Waals surface area contributed by atoms with E-state index in [0.29, 0.717) is 12.2 Å². The summed E-state index contributed by atoms with van der Waals surface area (Å²) in [5, 5.41) is 8.28. The number of carbonyl (C=O) groups is 2. The van der Waals surface area contributed by atoms with Gasteiger partial charge in [-0.2, -0.15) is 0 Å². The molecule has 0 bridgehead atoms. The zero-order chi connectivity index (χ0) is 14.4. The molecule has 3 N–H and O–H groups in total. The monoisotopic (exact) mass is 315 g/mol. The second kappa shape index (κ2) is 8.59. The van der Waals surface area contributed by atoms with Crippen molar-refractivity contribution in [3.63, 3.8) is 0 Å². The van der Waals surface area contributed by atoms with Gasteiger partial charge in [0.2, 0.25) is 11.8 Å². The fraction of sp³-hybridized carbons (Fsp3) is 0.429. The molecule has 0 spiro atoms. The first kappa shape index (κ1) is 17.4. The molecule has 21 heavy (non-hydrogen) atoms. The van der Waals surface area contributed by atoms with Crippen molar-refractivity contribution < 1.29 is 14.0 Å². The number of hydrogen-bond acceptors (Lipinski definition) is 3. The van der Waals surface area contributed by atoms with E-state index >= 15 is 0 Å². The summed E-state index contributed by atoms with van der Waals surface area (Å²) in [5.41, 5.74) is 0.378. The topological polar surface area (TPSA) is 70.2 Å². The summed E-state index contributed by atoms with van der Waals surface area (Å²) in [6.45, 7) is 1.48. The molecule has 0 saturated carbocycles. The van der Waals surface area contributed by atoms with E-state index in [1.807, 2.05) is 0 Å². The van der Waals surface area contributed by atoms with Crippen molar-refractivity contribution in [1.29, 1.82) is 0 Å². The summed E-state index contributed by atoms with van der Waals surface area (Å²) in [6, 6.07) is 5.63. The predicted molar refractivity (Wildman–Crippen MR) is 80.9 cm³/mol. The number of hydrogen-bond donors (Lipinski definition) is 3. The Morgan fingerprint density at radius 1 is 1.38 bits per heavy atom. The second-order valence-corrected chi connectivity index (χ2v) is 4.82. The zero-order valence-corrected chi connectivity index (χ0v) is 12.3. The van der Waals surface area contributed by atoms with E-state index in [2.05, 4.69) is 16.0 Å². The summed E-state index contributed by atoms with van der Waals surface area (Å²) < 4.78 is 12.9. The molecule has 1 fully saturated rings. The first-order valence-electron chi connectivity index (χ1n) is 6.69. The first-order valence-corrected chi connectivity index (χ1v) is 6.69. The lowest BCUT2D eigenvalue weighted by atomic mass is 9.99. The number of carbonyl (C=O) groups excluding carboxylic acids is 2. The van der Waals surface area contributed by atoms with Gasteiger partial charge in [0.1, 0.15) is 5.82 Å². The molecule has 1 atom stereocenters. The predicted octanol–water partition coefficient (Wildman–Crippen LogP) is 1.30. The first-order chi connectivity index (χ1) is 9.65. The smallest absolute Gasteiger partial charge is 0.243 e. The quantitative estimate of drug-likeness (QED) is 0.784. The maximum Gasteiger partial charge on any atom is 0.243 e. The average molecular weight is 316 g/mol. The van der Waals surface area contributed by atoms with Crippen molar-refractivity contribution in [3.8, 4) is 0 Å². The summed E-state index contributed by atoms with van der Waals surface area (Å²) in [6.07, 6.45) is 1.80. The Bertz CT molecular complexity index is 493. The van der Waals surface area contributed by atoms with Gasteiger partial charge in [-0.1, -0.05) is 6.07 Å². The molecule has 0 radical (unpaired) electrons. The van der Waals surface area contributed by atoms with Crippen molar-refractivity contribution >= 4 is 29.9 Å². The standard InChI is InChI=1S/C14H18FN3O2.ClH/c15-11-4-1-5-12(7-11)18-13(19)9-17-14(20)10-3-2-6-16-8-10;/h1,4-5,7,10,16H,2-3,6,8-9H2,(H,17,20)(H,18,19);1H. The number of piperidine rings is 1. The van der Waals surface area contributed by atoms with Crippen molar-refractivity contribution in [2.75, 3.05) is 25.0 Å². The molecular formula is C14H19ClFN3O2. The SMILES string of the molecule is Cl.O=C(CNC(=O)C1CCCNC1)Nc1cccc(F)c1. The third kappa shape index (κ3) is 5.69. The molecule has 1 aliphatic heterocycles. The lowest BCUT2D eigenvalue weighted by Gasteiger charge is -2.21. The van der Waals surface area contributed by atoms with Crippen LogP contribution in [0.5, 0.6) is 0 Å². The van der Waals surface area contributed by atoms with Gasteiger partial charge in [-0.25, -0.2) is 4.39 Å². The summed E-state index contributed by atoms with van der Waals surface area (Å²) in [5.74, 6) is -0.981. The highest BCUT2D eigenvalue weighted by molar-refractivity contribution is 5.94. The maximum absolute atomic E-state index is 12.9. The van der Waals surface area contributed by atoms with Crippen LogP contribution < -0.4 is 16.0 Å². The molecule has 1 aromatic rings. The highest BCUT2D eigenvalue weighted by atomic mass is 35.5. The highest BCUT2D eigenvalue weighted by Crippen LogP contribution is 2.10. The van der Waals surface area contributed by atoms with E-state index in [-0.39, 0.29) is 36.7 Å². The minimum absolute atomic E-state index is 0. The second-order valence-electron chi connectivity index (χ2n) is 4.82. The molecule has 5 nitrogen and oxygen atoms in total. The van der Waals surface area contributed by atoms with E-state index in [4.69, 9.17) is 0 Å². The maximum atomic E-state index is 12.9. The third-order valence-corrected chi connectivity index (χ3v) is 3.20. The van der Waals surface area contributed by atoms with E-state index in [0.717, 1.165) is 19.4 Å². The minimum Gasteiger partial charge on any atom is -0.347 e. The van der Waals surface area contributed by atoms with E-state index < -0.39 is 5.82 Å². The summed E-state index contributed by atoms with van der Waals surface area (Å²) in [4.78, 5) is 23.5. The Morgan fingerprint density at radius 3 is 2.86 bits per heavy atom. The Kier molecular flexibility index (Phi) is 7.11. The van der Waals surface area contributed by atoms with Gasteiger partial charge < -0.3 is 16.0 Å². The van der Waals surface area contributed by atoms with Gasteiger partial charge in [0.25, 0.3) is 0 Å².